The van der Waals surface area contributed by atoms with Gasteiger partial charge in [0.05, 0.1) is 16.5 Å². The zero-order valence-corrected chi connectivity index (χ0v) is 13.1. The van der Waals surface area contributed by atoms with Crippen LogP contribution in [0, 0.1) is 5.82 Å². The van der Waals surface area contributed by atoms with Crippen LogP contribution in [-0.4, -0.2) is 19.3 Å². The van der Waals surface area contributed by atoms with E-state index in [0.29, 0.717) is 23.1 Å². The number of carbonyl (C=O) groups excluding carboxylic acids is 1. The Kier molecular flexibility index (Phi) is 5.21. The van der Waals surface area contributed by atoms with Crippen LogP contribution in [0.25, 0.3) is 6.08 Å². The molecule has 0 unspecified atom stereocenters. The summed E-state index contributed by atoms with van der Waals surface area (Å²) >= 11 is 0. The van der Waals surface area contributed by atoms with Crippen molar-refractivity contribution in [3.05, 3.63) is 70.6 Å². The lowest BCUT2D eigenvalue weighted by molar-refractivity contribution is -0.138. The van der Waals surface area contributed by atoms with E-state index >= 15 is 0 Å². The number of benzene rings is 1. The Labute approximate surface area is 140 Å². The van der Waals surface area contributed by atoms with Gasteiger partial charge in [0.15, 0.2) is 0 Å². The van der Waals surface area contributed by atoms with Crippen LogP contribution in [0.2, 0.25) is 0 Å². The number of rotatable bonds is 4. The fraction of sp³-hybridized carbons (Fsp3) is 0.0667. The van der Waals surface area contributed by atoms with Gasteiger partial charge < -0.3 is 0 Å². The molecule has 5 nitrogen and oxygen atoms in total. The molecule has 0 fully saturated rings. The third-order valence-electron chi connectivity index (χ3n) is 2.89. The van der Waals surface area contributed by atoms with Crippen LogP contribution in [0.4, 0.5) is 17.6 Å². The fourth-order valence-electron chi connectivity index (χ4n) is 1.81. The highest BCUT2D eigenvalue weighted by Crippen LogP contribution is 2.32. The molecule has 10 heteroatoms. The molecular formula is C15H10F4N2O3S. The number of carbonyl (C=O) groups is 1. The molecule has 0 bridgehead atoms. The minimum Gasteiger partial charge on any atom is -0.268 e. The number of hydrogen-bond donors (Lipinski definition) is 1. The number of sulfonamides is 1. The van der Waals surface area contributed by atoms with E-state index in [9.17, 15) is 30.8 Å². The highest BCUT2D eigenvalue weighted by molar-refractivity contribution is 7.93. The molecule has 0 aliphatic carbocycles. The average molecular weight is 374 g/mol. The highest BCUT2D eigenvalue weighted by atomic mass is 32.2. The van der Waals surface area contributed by atoms with Crippen molar-refractivity contribution in [2.75, 3.05) is 0 Å². The number of hydrogen-bond acceptors (Lipinski definition) is 4. The van der Waals surface area contributed by atoms with Crippen molar-refractivity contribution in [2.24, 2.45) is 0 Å². The lowest BCUT2D eigenvalue weighted by Crippen LogP contribution is -2.30. The number of nitrogens with one attached hydrogen (secondary N) is 1. The van der Waals surface area contributed by atoms with Gasteiger partial charge in [0.2, 0.25) is 0 Å². The summed E-state index contributed by atoms with van der Waals surface area (Å²) in [6.45, 7) is 0. The molecule has 0 saturated carbocycles. The zero-order valence-electron chi connectivity index (χ0n) is 12.3. The molecule has 0 aliphatic rings. The predicted octanol–water partition coefficient (Wildman–Crippen LogP) is 2.97. The van der Waals surface area contributed by atoms with Crippen molar-refractivity contribution in [1.82, 2.24) is 9.71 Å². The molecule has 1 amide bonds. The average Bonchev–Trinajstić information content (AvgIpc) is 2.52. The number of amides is 1. The van der Waals surface area contributed by atoms with E-state index in [0.717, 1.165) is 6.08 Å². The maximum absolute atomic E-state index is 13.0. The molecule has 1 heterocycles. The molecule has 1 N–H and O–H groups in total. The van der Waals surface area contributed by atoms with Crippen LogP contribution in [0.5, 0.6) is 0 Å². The van der Waals surface area contributed by atoms with Gasteiger partial charge in [0.25, 0.3) is 15.9 Å². The Balaban J connectivity index is 2.26. The zero-order chi connectivity index (χ0) is 18.7. The molecule has 2 aromatic rings. The first-order valence-corrected chi connectivity index (χ1v) is 8.15. The van der Waals surface area contributed by atoms with Gasteiger partial charge in [0.1, 0.15) is 5.82 Å². The summed E-state index contributed by atoms with van der Waals surface area (Å²) in [6.07, 6.45) is -1.11. The number of pyridine rings is 1. The van der Waals surface area contributed by atoms with E-state index < -0.39 is 39.1 Å². The Morgan fingerprint density at radius 1 is 1.20 bits per heavy atom. The van der Waals surface area contributed by atoms with Gasteiger partial charge in [0, 0.05) is 12.4 Å². The van der Waals surface area contributed by atoms with Crippen LogP contribution < -0.4 is 4.72 Å². The molecule has 0 aliphatic heterocycles. The fourth-order valence-corrected chi connectivity index (χ4v) is 2.58. The van der Waals surface area contributed by atoms with Crippen LogP contribution in [-0.2, 0) is 16.2 Å². The predicted molar refractivity (Wildman–Crippen MR) is 81.1 cm³/mol. The molecule has 1 aromatic heterocycles. The van der Waals surface area contributed by atoms with E-state index in [1.165, 1.54) is 23.2 Å². The van der Waals surface area contributed by atoms with E-state index in [1.807, 2.05) is 0 Å². The Morgan fingerprint density at radius 2 is 1.92 bits per heavy atom. The first-order valence-electron chi connectivity index (χ1n) is 6.60. The first-order chi connectivity index (χ1) is 11.6. The summed E-state index contributed by atoms with van der Waals surface area (Å²) in [7, 11) is -4.37. The number of halogens is 4. The van der Waals surface area contributed by atoms with Crippen molar-refractivity contribution >= 4 is 22.0 Å². The van der Waals surface area contributed by atoms with Crippen molar-refractivity contribution in [3.8, 4) is 0 Å². The molecule has 0 spiro atoms. The molecule has 25 heavy (non-hydrogen) atoms. The van der Waals surface area contributed by atoms with Gasteiger partial charge in [-0.15, -0.1) is 0 Å². The summed E-state index contributed by atoms with van der Waals surface area (Å²) in [4.78, 5) is 15.6. The van der Waals surface area contributed by atoms with Gasteiger partial charge in [-0.05, 0) is 35.9 Å². The topological polar surface area (TPSA) is 76.1 Å². The summed E-state index contributed by atoms with van der Waals surface area (Å²) < 4.78 is 76.8. The normalized spacial score (nSPS) is 12.3. The van der Waals surface area contributed by atoms with Crippen LogP contribution in [0.15, 0.2) is 48.1 Å². The third kappa shape index (κ3) is 5.11. The maximum Gasteiger partial charge on any atom is 0.417 e. The molecule has 2 rings (SSSR count). The van der Waals surface area contributed by atoms with Crippen LogP contribution >= 0.6 is 0 Å². The Hall–Kier alpha value is -2.75. The second kappa shape index (κ2) is 7.01. The Bertz CT molecular complexity index is 910. The second-order valence-corrected chi connectivity index (χ2v) is 6.32. The molecule has 0 saturated heterocycles. The standard InChI is InChI=1S/C15H10F4N2O3S/c16-11-3-4-12(13(8-11)15(17,18)19)14(22)21-25(23,24)7-5-10-2-1-6-20-9-10/h1-9H,(H,21,22). The molecular weight excluding hydrogens is 364 g/mol. The van der Waals surface area contributed by atoms with Gasteiger partial charge in [-0.1, -0.05) is 6.07 Å². The lowest BCUT2D eigenvalue weighted by atomic mass is 10.1. The molecule has 0 radical (unpaired) electrons. The minimum absolute atomic E-state index is 0.118. The number of nitrogens with zero attached hydrogens (tertiary/aromatic N) is 1. The molecule has 0 atom stereocenters. The summed E-state index contributed by atoms with van der Waals surface area (Å²) in [5, 5.41) is 0.610. The summed E-state index contributed by atoms with van der Waals surface area (Å²) in [6, 6.07) is 4.38. The van der Waals surface area contributed by atoms with E-state index in [2.05, 4.69) is 4.98 Å². The minimum atomic E-state index is -5.02. The van der Waals surface area contributed by atoms with Crippen molar-refractivity contribution in [1.29, 1.82) is 0 Å². The third-order valence-corrected chi connectivity index (χ3v) is 3.85. The van der Waals surface area contributed by atoms with E-state index in [4.69, 9.17) is 0 Å². The quantitative estimate of drug-likeness (QED) is 0.835. The van der Waals surface area contributed by atoms with Gasteiger partial charge in [-0.2, -0.15) is 13.2 Å². The number of aromatic nitrogens is 1. The van der Waals surface area contributed by atoms with Crippen molar-refractivity contribution in [3.63, 3.8) is 0 Å². The second-order valence-electron chi connectivity index (χ2n) is 4.75. The van der Waals surface area contributed by atoms with Gasteiger partial charge in [-0.25, -0.2) is 17.5 Å². The Morgan fingerprint density at radius 3 is 2.52 bits per heavy atom. The summed E-state index contributed by atoms with van der Waals surface area (Å²) in [5.74, 6) is -2.73. The van der Waals surface area contributed by atoms with Crippen molar-refractivity contribution in [2.45, 2.75) is 6.18 Å². The number of alkyl halides is 3. The van der Waals surface area contributed by atoms with Crippen LogP contribution in [0.1, 0.15) is 21.5 Å². The van der Waals surface area contributed by atoms with Gasteiger partial charge in [-0.3, -0.25) is 9.78 Å². The van der Waals surface area contributed by atoms with E-state index in [-0.39, 0.29) is 6.07 Å². The maximum atomic E-state index is 13.0. The molecule has 132 valence electrons. The molecule has 1 aromatic carbocycles. The largest absolute Gasteiger partial charge is 0.417 e. The van der Waals surface area contributed by atoms with Gasteiger partial charge >= 0.3 is 6.18 Å². The van der Waals surface area contributed by atoms with Crippen LogP contribution in [0.3, 0.4) is 0 Å². The smallest absolute Gasteiger partial charge is 0.268 e. The highest BCUT2D eigenvalue weighted by Gasteiger charge is 2.36. The monoisotopic (exact) mass is 374 g/mol. The summed E-state index contributed by atoms with van der Waals surface area (Å²) in [5.41, 5.74) is -2.18. The lowest BCUT2D eigenvalue weighted by Gasteiger charge is -2.12. The van der Waals surface area contributed by atoms with E-state index in [1.54, 1.807) is 6.07 Å². The van der Waals surface area contributed by atoms with Crippen molar-refractivity contribution < 1.29 is 30.8 Å². The first kappa shape index (κ1) is 18.6. The SMILES string of the molecule is O=C(NS(=O)(=O)C=Cc1cccnc1)c1ccc(F)cc1C(F)(F)F.